The van der Waals surface area contributed by atoms with E-state index in [4.69, 9.17) is 13.3 Å². The summed E-state index contributed by atoms with van der Waals surface area (Å²) in [5, 5.41) is 0.432. The number of furan rings is 1. The molecular weight excluding hydrogens is 320 g/mol. The summed E-state index contributed by atoms with van der Waals surface area (Å²) in [4.78, 5) is 0. The summed E-state index contributed by atoms with van der Waals surface area (Å²) in [5.74, 6) is 1.78. The van der Waals surface area contributed by atoms with Crippen LogP contribution in [0.25, 0.3) is 0 Å². The molecule has 0 saturated heterocycles. The van der Waals surface area contributed by atoms with Crippen molar-refractivity contribution in [3.8, 4) is 0 Å². The molecule has 1 rings (SSSR count). The van der Waals surface area contributed by atoms with Crippen molar-refractivity contribution >= 4 is 16.6 Å². The van der Waals surface area contributed by atoms with Crippen molar-refractivity contribution in [2.75, 3.05) is 0 Å². The van der Waals surface area contributed by atoms with Crippen molar-refractivity contribution in [3.63, 3.8) is 0 Å². The predicted octanol–water partition coefficient (Wildman–Crippen LogP) is 6.32. The number of hydrogen-bond donors (Lipinski definition) is 0. The molecule has 0 atom stereocenters. The Kier molecular flexibility index (Phi) is 6.17. The second-order valence-corrected chi connectivity index (χ2v) is 19.1. The van der Waals surface area contributed by atoms with Gasteiger partial charge in [0.05, 0.1) is 13.2 Å². The molecule has 1 heterocycles. The molecule has 0 fully saturated rings. The van der Waals surface area contributed by atoms with Crippen molar-refractivity contribution in [3.05, 3.63) is 23.7 Å². The molecule has 134 valence electrons. The molecule has 0 spiro atoms. The molecule has 1 aromatic rings. The third-order valence-electron chi connectivity index (χ3n) is 5.48. The summed E-state index contributed by atoms with van der Waals surface area (Å²) in [7, 11) is -3.47. The van der Waals surface area contributed by atoms with Crippen molar-refractivity contribution < 1.29 is 13.3 Å². The highest BCUT2D eigenvalue weighted by molar-refractivity contribution is 6.74. The van der Waals surface area contributed by atoms with Gasteiger partial charge in [-0.05, 0) is 48.4 Å². The molecule has 1 aromatic heterocycles. The van der Waals surface area contributed by atoms with E-state index < -0.39 is 16.6 Å². The number of rotatable bonds is 6. The van der Waals surface area contributed by atoms with Gasteiger partial charge in [0.25, 0.3) is 0 Å². The third kappa shape index (κ3) is 5.59. The normalized spacial score (nSPS) is 14.3. The van der Waals surface area contributed by atoms with Gasteiger partial charge in [-0.15, -0.1) is 0 Å². The summed E-state index contributed by atoms with van der Waals surface area (Å²) >= 11 is 0. The van der Waals surface area contributed by atoms with Crippen LogP contribution in [0.5, 0.6) is 0 Å². The van der Waals surface area contributed by atoms with E-state index in [1.807, 2.05) is 12.1 Å². The van der Waals surface area contributed by atoms with Crippen LogP contribution in [-0.2, 0) is 22.1 Å². The molecule has 3 nitrogen and oxygen atoms in total. The first-order valence-electron chi connectivity index (χ1n) is 8.51. The van der Waals surface area contributed by atoms with E-state index >= 15 is 0 Å². The summed E-state index contributed by atoms with van der Waals surface area (Å²) in [5.41, 5.74) is 0. The Morgan fingerprint density at radius 3 is 1.30 bits per heavy atom. The molecule has 5 heteroatoms. The third-order valence-corrected chi connectivity index (χ3v) is 14.4. The monoisotopic (exact) mass is 356 g/mol. The van der Waals surface area contributed by atoms with Crippen molar-refractivity contribution in [2.24, 2.45) is 0 Å². The maximum absolute atomic E-state index is 6.21. The van der Waals surface area contributed by atoms with Crippen LogP contribution in [0.15, 0.2) is 16.5 Å². The first-order chi connectivity index (χ1) is 10.2. The Hall–Kier alpha value is -0.366. The maximum atomic E-state index is 6.21. The van der Waals surface area contributed by atoms with Crippen molar-refractivity contribution in [1.29, 1.82) is 0 Å². The van der Waals surface area contributed by atoms with Crippen molar-refractivity contribution in [1.82, 2.24) is 0 Å². The summed E-state index contributed by atoms with van der Waals surface area (Å²) in [6, 6.07) is 4.02. The summed E-state index contributed by atoms with van der Waals surface area (Å²) < 4.78 is 18.3. The highest BCUT2D eigenvalue weighted by Crippen LogP contribution is 2.38. The van der Waals surface area contributed by atoms with Crippen LogP contribution in [0, 0.1) is 0 Å². The van der Waals surface area contributed by atoms with Gasteiger partial charge < -0.3 is 13.3 Å². The van der Waals surface area contributed by atoms with Crippen LogP contribution >= 0.6 is 0 Å². The van der Waals surface area contributed by atoms with Crippen LogP contribution in [-0.4, -0.2) is 16.6 Å². The topological polar surface area (TPSA) is 31.6 Å². The van der Waals surface area contributed by atoms with Gasteiger partial charge >= 0.3 is 0 Å². The molecule has 0 aromatic carbocycles. The average molecular weight is 357 g/mol. The van der Waals surface area contributed by atoms with E-state index in [-0.39, 0.29) is 10.1 Å². The minimum atomic E-state index is -1.74. The molecule has 0 aliphatic rings. The van der Waals surface area contributed by atoms with Crippen LogP contribution < -0.4 is 0 Å². The molecule has 0 N–H and O–H groups in total. The molecule has 0 bridgehead atoms. The molecular formula is C18H36O3Si2. The molecule has 0 aliphatic carbocycles. The second kappa shape index (κ2) is 6.86. The Morgan fingerprint density at radius 2 is 1.04 bits per heavy atom. The lowest BCUT2D eigenvalue weighted by Crippen LogP contribution is -2.40. The van der Waals surface area contributed by atoms with Gasteiger partial charge in [-0.25, -0.2) is 0 Å². The van der Waals surface area contributed by atoms with E-state index in [0.29, 0.717) is 13.2 Å². The maximum Gasteiger partial charge on any atom is 0.192 e. The van der Waals surface area contributed by atoms with Gasteiger partial charge in [-0.3, -0.25) is 0 Å². The fourth-order valence-corrected chi connectivity index (χ4v) is 3.39. The summed E-state index contributed by atoms with van der Waals surface area (Å²) in [6.45, 7) is 23.6. The SMILES string of the molecule is CC(C)(C)[Si](C)(C)OCc1ccc(CO[Si](C)(C)C(C)(C)C)o1. The average Bonchev–Trinajstić information content (AvgIpc) is 2.79. The largest absolute Gasteiger partial charge is 0.461 e. The van der Waals surface area contributed by atoms with Gasteiger partial charge in [0, 0.05) is 0 Å². The van der Waals surface area contributed by atoms with Gasteiger partial charge in [-0.1, -0.05) is 41.5 Å². The van der Waals surface area contributed by atoms with Crippen LogP contribution in [0.4, 0.5) is 0 Å². The van der Waals surface area contributed by atoms with Crippen LogP contribution in [0.3, 0.4) is 0 Å². The minimum Gasteiger partial charge on any atom is -0.461 e. The quantitative estimate of drug-likeness (QED) is 0.559. The van der Waals surface area contributed by atoms with E-state index in [9.17, 15) is 0 Å². The fraction of sp³-hybridized carbons (Fsp3) is 0.778. The highest BCUT2D eigenvalue weighted by atomic mass is 28.4. The molecule has 0 aliphatic heterocycles. The standard InChI is InChI=1S/C18H36O3Si2/c1-17(2,3)22(7,8)19-13-15-11-12-16(21-15)14-20-23(9,10)18(4,5)6/h11-12H,13-14H2,1-10H3. The Bertz CT molecular complexity index is 461. The number of hydrogen-bond acceptors (Lipinski definition) is 3. The van der Waals surface area contributed by atoms with E-state index in [2.05, 4.69) is 67.7 Å². The molecule has 0 unspecified atom stereocenters. The second-order valence-electron chi connectivity index (χ2n) is 9.47. The van der Waals surface area contributed by atoms with E-state index in [0.717, 1.165) is 11.5 Å². The molecule has 0 radical (unpaired) electrons. The van der Waals surface area contributed by atoms with E-state index in [1.54, 1.807) is 0 Å². The predicted molar refractivity (Wildman–Crippen MR) is 103 cm³/mol. The fourth-order valence-electron chi connectivity index (χ4n) is 1.51. The molecule has 0 saturated carbocycles. The highest BCUT2D eigenvalue weighted by Gasteiger charge is 2.38. The first kappa shape index (κ1) is 20.7. The zero-order valence-corrected chi connectivity index (χ0v) is 18.8. The van der Waals surface area contributed by atoms with Gasteiger partial charge in [0.15, 0.2) is 16.6 Å². The lowest BCUT2D eigenvalue weighted by atomic mass is 10.2. The minimum absolute atomic E-state index is 0.216. The van der Waals surface area contributed by atoms with Crippen molar-refractivity contribution in [2.45, 2.75) is 91.0 Å². The van der Waals surface area contributed by atoms with Gasteiger partial charge in [0.1, 0.15) is 11.5 Å². The Balaban J connectivity index is 2.60. The molecule has 23 heavy (non-hydrogen) atoms. The van der Waals surface area contributed by atoms with Crippen LogP contribution in [0.1, 0.15) is 53.1 Å². The summed E-state index contributed by atoms with van der Waals surface area (Å²) in [6.07, 6.45) is 0. The lowest BCUT2D eigenvalue weighted by Gasteiger charge is -2.36. The van der Waals surface area contributed by atoms with Gasteiger partial charge in [-0.2, -0.15) is 0 Å². The lowest BCUT2D eigenvalue weighted by molar-refractivity contribution is 0.217. The smallest absolute Gasteiger partial charge is 0.192 e. The Morgan fingerprint density at radius 1 is 0.739 bits per heavy atom. The zero-order valence-electron chi connectivity index (χ0n) is 16.8. The van der Waals surface area contributed by atoms with Crippen LogP contribution in [0.2, 0.25) is 36.3 Å². The van der Waals surface area contributed by atoms with Gasteiger partial charge in [0.2, 0.25) is 0 Å². The zero-order chi connectivity index (χ0) is 18.1. The first-order valence-corrected chi connectivity index (χ1v) is 14.3. The molecule has 0 amide bonds. The Labute approximate surface area is 145 Å². The van der Waals surface area contributed by atoms with E-state index in [1.165, 1.54) is 0 Å².